The van der Waals surface area contributed by atoms with Crippen molar-refractivity contribution in [2.24, 2.45) is 0 Å². The molecule has 3 aliphatic heterocycles. The number of nitrogens with zero attached hydrogens (tertiary/aromatic N) is 2. The summed E-state index contributed by atoms with van der Waals surface area (Å²) in [5.74, 6) is 0. The van der Waals surface area contributed by atoms with E-state index in [9.17, 15) is 0 Å². The van der Waals surface area contributed by atoms with E-state index in [-0.39, 0.29) is 0 Å². The van der Waals surface area contributed by atoms with Crippen molar-refractivity contribution in [1.82, 2.24) is 4.91 Å². The molecule has 0 spiro atoms. The molecule has 182 valence electrons. The van der Waals surface area contributed by atoms with Crippen molar-refractivity contribution in [1.29, 1.82) is 0 Å². The number of hydrogen-bond acceptors (Lipinski definition) is 2. The third-order valence-corrected chi connectivity index (χ3v) is 69.5. The van der Waals surface area contributed by atoms with E-state index >= 15 is 0 Å². The molecule has 3 heterocycles. The van der Waals surface area contributed by atoms with Crippen molar-refractivity contribution in [2.45, 2.75) is 130 Å². The zero-order chi connectivity index (χ0) is 24.5. The van der Waals surface area contributed by atoms with Crippen LogP contribution in [-0.2, 0) is 0 Å². The Morgan fingerprint density at radius 1 is 0.656 bits per heavy atom. The van der Waals surface area contributed by atoms with Crippen LogP contribution < -0.4 is 0 Å². The van der Waals surface area contributed by atoms with Crippen LogP contribution in [0.1, 0.15) is 41.0 Å². The topological polar surface area (TPSA) is 6.48 Å². The summed E-state index contributed by atoms with van der Waals surface area (Å²) in [5.41, 5.74) is 3.73. The van der Waals surface area contributed by atoms with Crippen molar-refractivity contribution in [3.8, 4) is 0 Å². The van der Waals surface area contributed by atoms with Crippen molar-refractivity contribution in [3.05, 3.63) is 18.2 Å². The van der Waals surface area contributed by atoms with E-state index in [1.807, 2.05) is 18.2 Å². The molecule has 0 bridgehead atoms. The molecule has 2 saturated heterocycles. The fourth-order valence-electron chi connectivity index (χ4n) is 8.65. The van der Waals surface area contributed by atoms with Gasteiger partial charge in [-0.15, -0.1) is 0 Å². The SMILES string of the molecule is CCB(CC)C1=[C](C)[Sn]([N]2[Si](C)(C)CC[Si]2(C)C)([N]2[Si](C)(C)CC[Si]2(C)C)[C](C)=C1CC. The van der Waals surface area contributed by atoms with E-state index < -0.39 is 51.9 Å². The summed E-state index contributed by atoms with van der Waals surface area (Å²) in [5, 5.41) is 0. The van der Waals surface area contributed by atoms with Gasteiger partial charge in [0.1, 0.15) is 0 Å². The summed E-state index contributed by atoms with van der Waals surface area (Å²) in [6.45, 7) is 35.7. The second kappa shape index (κ2) is 8.91. The Labute approximate surface area is 210 Å². The molecule has 2 fully saturated rings. The van der Waals surface area contributed by atoms with Gasteiger partial charge in [0, 0.05) is 0 Å². The predicted molar refractivity (Wildman–Crippen MR) is 161 cm³/mol. The predicted octanol–water partition coefficient (Wildman–Crippen LogP) is 8.09. The van der Waals surface area contributed by atoms with Gasteiger partial charge in [0.05, 0.1) is 0 Å². The molecule has 0 aromatic rings. The molecule has 0 radical (unpaired) electrons. The molecule has 3 rings (SSSR count). The molecule has 0 aromatic carbocycles. The number of rotatable bonds is 6. The third kappa shape index (κ3) is 3.90. The summed E-state index contributed by atoms with van der Waals surface area (Å²) in [4.78, 5) is 0. The first-order valence-electron chi connectivity index (χ1n) is 13.6. The van der Waals surface area contributed by atoms with Crippen LogP contribution in [0, 0.1) is 0 Å². The molecule has 0 unspecified atom stereocenters. The van der Waals surface area contributed by atoms with Crippen LogP contribution in [0.25, 0.3) is 0 Å². The van der Waals surface area contributed by atoms with Crippen LogP contribution >= 0.6 is 0 Å². The Morgan fingerprint density at radius 3 is 1.28 bits per heavy atom. The van der Waals surface area contributed by atoms with Gasteiger partial charge >= 0.3 is 212 Å². The van der Waals surface area contributed by atoms with Crippen LogP contribution in [-0.4, -0.2) is 63.5 Å². The zero-order valence-corrected chi connectivity index (χ0v) is 30.8. The summed E-state index contributed by atoms with van der Waals surface area (Å²) in [6.07, 6.45) is 3.87. The van der Waals surface area contributed by atoms with Gasteiger partial charge in [-0.1, -0.05) is 0 Å². The van der Waals surface area contributed by atoms with Crippen LogP contribution in [0.15, 0.2) is 18.2 Å². The number of hydrogen-bond donors (Lipinski definition) is 0. The van der Waals surface area contributed by atoms with E-state index in [4.69, 9.17) is 0 Å². The van der Waals surface area contributed by atoms with E-state index in [2.05, 4.69) is 91.9 Å². The summed E-state index contributed by atoms with van der Waals surface area (Å²) in [6, 6.07) is 6.19. The number of allylic oxidation sites excluding steroid dienone is 4. The molecule has 32 heavy (non-hydrogen) atoms. The van der Waals surface area contributed by atoms with Crippen molar-refractivity contribution < 1.29 is 0 Å². The fraction of sp³-hybridized carbons (Fsp3) is 0.833. The zero-order valence-electron chi connectivity index (χ0n) is 23.9. The Kier molecular flexibility index (Phi) is 7.71. The maximum atomic E-state index is 3.55. The van der Waals surface area contributed by atoms with E-state index in [1.165, 1.54) is 19.1 Å². The molecule has 0 saturated carbocycles. The van der Waals surface area contributed by atoms with E-state index in [1.54, 1.807) is 24.2 Å². The fourth-order valence-corrected chi connectivity index (χ4v) is 95.7. The van der Waals surface area contributed by atoms with Gasteiger partial charge in [-0.25, -0.2) is 0 Å². The van der Waals surface area contributed by atoms with Gasteiger partial charge in [0.2, 0.25) is 0 Å². The average molecular weight is 612 g/mol. The first-order chi connectivity index (χ1) is 14.6. The van der Waals surface area contributed by atoms with Gasteiger partial charge in [0.15, 0.2) is 0 Å². The standard InChI is InChI=1S/C12H21B.2C6H16NSi2.Sn/c1-6-11(7-2)12(8-3)13(9-4)10-5;2*1-8(2)5-6-9(3,4)7-8;/h6,9-10H2,1-5H3;2*5-6H2,1-4H3;/q;2*-1;+2. The first-order valence-corrected chi connectivity index (χ1v) is 31.6. The second-order valence-electron chi connectivity index (χ2n) is 13.6. The minimum absolute atomic E-state index is 0.771. The molecule has 0 N–H and O–H groups in total. The van der Waals surface area contributed by atoms with Gasteiger partial charge in [-0.2, -0.15) is 0 Å². The molecular formula is C24H53BN2Si4Sn. The van der Waals surface area contributed by atoms with Crippen LogP contribution in [0.3, 0.4) is 0 Å². The second-order valence-corrected chi connectivity index (χ2v) is 48.6. The monoisotopic (exact) mass is 612 g/mol. The Balaban J connectivity index is 2.49. The van der Waals surface area contributed by atoms with Crippen molar-refractivity contribution >= 4 is 58.6 Å². The Morgan fingerprint density at radius 2 is 1.00 bits per heavy atom. The van der Waals surface area contributed by atoms with Crippen molar-refractivity contribution in [2.75, 3.05) is 0 Å². The van der Waals surface area contributed by atoms with E-state index in [0.29, 0.717) is 0 Å². The average Bonchev–Trinajstić information content (AvgIpc) is 3.13. The molecule has 0 atom stereocenters. The van der Waals surface area contributed by atoms with Crippen LogP contribution in [0.5, 0.6) is 0 Å². The minimum atomic E-state index is -3.20. The molecule has 0 aliphatic carbocycles. The molecule has 0 amide bonds. The quantitative estimate of drug-likeness (QED) is 0.280. The van der Waals surface area contributed by atoms with E-state index in [0.717, 1.165) is 6.71 Å². The summed E-state index contributed by atoms with van der Waals surface area (Å²) in [7, 11) is -5.69. The van der Waals surface area contributed by atoms with Crippen molar-refractivity contribution in [3.63, 3.8) is 0 Å². The Hall–Kier alpha value is 1.13. The first kappa shape index (κ1) is 27.7. The molecular weight excluding hydrogens is 558 g/mol. The molecule has 0 aromatic heterocycles. The maximum absolute atomic E-state index is 3.55. The Bertz CT molecular complexity index is 762. The van der Waals surface area contributed by atoms with Gasteiger partial charge in [0.25, 0.3) is 0 Å². The summed E-state index contributed by atoms with van der Waals surface area (Å²) >= 11 is -3.20. The molecule has 8 heteroatoms. The molecule has 2 nitrogen and oxygen atoms in total. The molecule has 3 aliphatic rings. The van der Waals surface area contributed by atoms with Gasteiger partial charge in [-0.05, 0) is 0 Å². The normalized spacial score (nSPS) is 28.8. The summed E-state index contributed by atoms with van der Waals surface area (Å²) < 4.78 is 11.1. The van der Waals surface area contributed by atoms with Crippen LogP contribution in [0.4, 0.5) is 0 Å². The van der Waals surface area contributed by atoms with Crippen LogP contribution in [0.2, 0.25) is 89.2 Å². The van der Waals surface area contributed by atoms with Gasteiger partial charge < -0.3 is 0 Å². The third-order valence-electron chi connectivity index (χ3n) is 9.74. The van der Waals surface area contributed by atoms with Gasteiger partial charge in [-0.3, -0.25) is 0 Å².